The number of amides is 1. The number of hydrogen-bond donors (Lipinski definition) is 1. The predicted octanol–water partition coefficient (Wildman–Crippen LogP) is 4.19. The number of hydrogen-bond acceptors (Lipinski definition) is 6. The second kappa shape index (κ2) is 8.50. The Labute approximate surface area is 167 Å². The van der Waals surface area contributed by atoms with Gasteiger partial charge in [-0.1, -0.05) is 35.5 Å². The highest BCUT2D eigenvalue weighted by molar-refractivity contribution is 7.14. The van der Waals surface area contributed by atoms with Crippen molar-refractivity contribution in [3.8, 4) is 11.3 Å². The zero-order valence-corrected chi connectivity index (χ0v) is 16.4. The molecule has 28 heavy (non-hydrogen) atoms. The quantitative estimate of drug-likeness (QED) is 0.701. The van der Waals surface area contributed by atoms with E-state index in [4.69, 9.17) is 9.26 Å². The summed E-state index contributed by atoms with van der Waals surface area (Å²) in [5.41, 5.74) is 2.70. The van der Waals surface area contributed by atoms with Crippen molar-refractivity contribution >= 4 is 29.4 Å². The molecule has 6 nitrogen and oxygen atoms in total. The van der Waals surface area contributed by atoms with E-state index in [2.05, 4.69) is 15.5 Å². The molecule has 144 valence electrons. The number of rotatable bonds is 5. The monoisotopic (exact) mass is 395 g/mol. The Morgan fingerprint density at radius 2 is 2.00 bits per heavy atom. The zero-order valence-electron chi connectivity index (χ0n) is 15.6. The standard InChI is InChI=1S/C21H21N3O3S/c1-14-17(20(24-27-14)15-5-3-2-4-6-15)7-8-19-22-13-18(28-19)21(25)23-16-9-11-26-12-10-16/h2-8,13,16H,9-12H2,1H3,(H,23,25)/b8-7+. The molecule has 4 rings (SSSR count). The molecule has 1 fully saturated rings. The summed E-state index contributed by atoms with van der Waals surface area (Å²) >= 11 is 1.37. The third kappa shape index (κ3) is 4.21. The lowest BCUT2D eigenvalue weighted by molar-refractivity contribution is 0.0698. The summed E-state index contributed by atoms with van der Waals surface area (Å²) < 4.78 is 10.7. The van der Waals surface area contributed by atoms with E-state index in [0.29, 0.717) is 18.1 Å². The number of carbonyl (C=O) groups excluding carboxylic acids is 1. The van der Waals surface area contributed by atoms with Crippen LogP contribution < -0.4 is 5.32 Å². The molecule has 3 aromatic rings. The van der Waals surface area contributed by atoms with Gasteiger partial charge in [-0.05, 0) is 31.9 Å². The molecule has 0 saturated carbocycles. The predicted molar refractivity (Wildman–Crippen MR) is 109 cm³/mol. The minimum atomic E-state index is -0.0739. The van der Waals surface area contributed by atoms with Crippen LogP contribution in [0.25, 0.3) is 23.4 Å². The second-order valence-electron chi connectivity index (χ2n) is 6.62. The molecule has 0 atom stereocenters. The average Bonchev–Trinajstić information content (AvgIpc) is 3.34. The maximum Gasteiger partial charge on any atom is 0.263 e. The van der Waals surface area contributed by atoms with E-state index >= 15 is 0 Å². The Hall–Kier alpha value is -2.77. The molecule has 2 aromatic heterocycles. The molecule has 1 amide bonds. The van der Waals surface area contributed by atoms with Crippen LogP contribution in [0, 0.1) is 6.92 Å². The summed E-state index contributed by atoms with van der Waals surface area (Å²) in [6, 6.07) is 10.1. The van der Waals surface area contributed by atoms with E-state index in [9.17, 15) is 4.79 Å². The summed E-state index contributed by atoms with van der Waals surface area (Å²) in [4.78, 5) is 17.4. The fourth-order valence-corrected chi connectivity index (χ4v) is 3.83. The van der Waals surface area contributed by atoms with E-state index in [1.54, 1.807) is 6.20 Å². The highest BCUT2D eigenvalue weighted by Gasteiger charge is 2.18. The SMILES string of the molecule is Cc1onc(-c2ccccc2)c1/C=C/c1ncc(C(=O)NC2CCOCC2)s1. The van der Waals surface area contributed by atoms with Crippen molar-refractivity contribution in [2.75, 3.05) is 13.2 Å². The number of thiazole rings is 1. The molecule has 1 aromatic carbocycles. The molecule has 1 saturated heterocycles. The molecule has 1 aliphatic rings. The van der Waals surface area contributed by atoms with Gasteiger partial charge in [0.25, 0.3) is 5.91 Å². The van der Waals surface area contributed by atoms with E-state index < -0.39 is 0 Å². The fraction of sp³-hybridized carbons (Fsp3) is 0.286. The van der Waals surface area contributed by atoms with Gasteiger partial charge in [0.1, 0.15) is 21.3 Å². The maximum atomic E-state index is 12.4. The third-order valence-corrected chi connectivity index (χ3v) is 5.61. The Kier molecular flexibility index (Phi) is 5.64. The number of aromatic nitrogens is 2. The summed E-state index contributed by atoms with van der Waals surface area (Å²) in [7, 11) is 0. The molecule has 0 spiro atoms. The topological polar surface area (TPSA) is 77.2 Å². The number of carbonyl (C=O) groups is 1. The molecule has 0 radical (unpaired) electrons. The maximum absolute atomic E-state index is 12.4. The summed E-state index contributed by atoms with van der Waals surface area (Å²) in [5, 5.41) is 8.00. The lowest BCUT2D eigenvalue weighted by atomic mass is 10.1. The van der Waals surface area contributed by atoms with E-state index in [1.807, 2.05) is 49.4 Å². The van der Waals surface area contributed by atoms with Crippen LogP contribution in [-0.2, 0) is 4.74 Å². The van der Waals surface area contributed by atoms with Crippen molar-refractivity contribution < 1.29 is 14.1 Å². The van der Waals surface area contributed by atoms with E-state index in [0.717, 1.165) is 40.4 Å². The van der Waals surface area contributed by atoms with Crippen LogP contribution >= 0.6 is 11.3 Å². The molecular formula is C21H21N3O3S. The first-order valence-corrected chi connectivity index (χ1v) is 10.1. The van der Waals surface area contributed by atoms with Crippen LogP contribution in [0.5, 0.6) is 0 Å². The minimum absolute atomic E-state index is 0.0739. The Morgan fingerprint density at radius 1 is 1.21 bits per heavy atom. The lowest BCUT2D eigenvalue weighted by Crippen LogP contribution is -2.38. The van der Waals surface area contributed by atoms with Crippen molar-refractivity contribution in [3.63, 3.8) is 0 Å². The second-order valence-corrected chi connectivity index (χ2v) is 7.69. The van der Waals surface area contributed by atoms with Gasteiger partial charge < -0.3 is 14.6 Å². The van der Waals surface area contributed by atoms with Gasteiger partial charge in [-0.15, -0.1) is 11.3 Å². The number of nitrogens with one attached hydrogen (secondary N) is 1. The fourth-order valence-electron chi connectivity index (χ4n) is 3.10. The van der Waals surface area contributed by atoms with Gasteiger partial charge in [0.15, 0.2) is 0 Å². The molecule has 1 N–H and O–H groups in total. The number of nitrogens with zero attached hydrogens (tertiary/aromatic N) is 2. The Balaban J connectivity index is 1.48. The number of benzene rings is 1. The first kappa shape index (κ1) is 18.6. The van der Waals surface area contributed by atoms with Crippen LogP contribution in [0.15, 0.2) is 41.1 Å². The van der Waals surface area contributed by atoms with Crippen molar-refractivity contribution in [2.45, 2.75) is 25.8 Å². The van der Waals surface area contributed by atoms with Gasteiger partial charge >= 0.3 is 0 Å². The molecule has 0 aliphatic carbocycles. The van der Waals surface area contributed by atoms with E-state index in [-0.39, 0.29) is 11.9 Å². The number of ether oxygens (including phenoxy) is 1. The van der Waals surface area contributed by atoms with Crippen LogP contribution in [-0.4, -0.2) is 35.3 Å². The van der Waals surface area contributed by atoms with Gasteiger partial charge in [0, 0.05) is 30.4 Å². The van der Waals surface area contributed by atoms with Gasteiger partial charge in [-0.3, -0.25) is 4.79 Å². The van der Waals surface area contributed by atoms with Crippen LogP contribution in [0.4, 0.5) is 0 Å². The van der Waals surface area contributed by atoms with E-state index in [1.165, 1.54) is 11.3 Å². The van der Waals surface area contributed by atoms with Crippen molar-refractivity contribution in [3.05, 3.63) is 57.7 Å². The van der Waals surface area contributed by atoms with Gasteiger partial charge in [0.05, 0.1) is 6.20 Å². The van der Waals surface area contributed by atoms with Crippen molar-refractivity contribution in [1.82, 2.24) is 15.5 Å². The van der Waals surface area contributed by atoms with Crippen molar-refractivity contribution in [1.29, 1.82) is 0 Å². The molecule has 7 heteroatoms. The molecular weight excluding hydrogens is 374 g/mol. The minimum Gasteiger partial charge on any atom is -0.381 e. The Morgan fingerprint density at radius 3 is 2.79 bits per heavy atom. The Bertz CT molecular complexity index is 972. The first-order valence-electron chi connectivity index (χ1n) is 9.25. The summed E-state index contributed by atoms with van der Waals surface area (Å²) in [6.45, 7) is 3.28. The van der Waals surface area contributed by atoms with Crippen LogP contribution in [0.3, 0.4) is 0 Å². The third-order valence-electron chi connectivity index (χ3n) is 4.65. The largest absolute Gasteiger partial charge is 0.381 e. The highest BCUT2D eigenvalue weighted by Crippen LogP contribution is 2.27. The van der Waals surface area contributed by atoms with Crippen LogP contribution in [0.2, 0.25) is 0 Å². The van der Waals surface area contributed by atoms with Gasteiger partial charge in [-0.2, -0.15) is 0 Å². The van der Waals surface area contributed by atoms with Gasteiger partial charge in [0.2, 0.25) is 0 Å². The first-order chi connectivity index (χ1) is 13.7. The lowest BCUT2D eigenvalue weighted by Gasteiger charge is -2.22. The smallest absolute Gasteiger partial charge is 0.263 e. The normalized spacial score (nSPS) is 15.2. The molecule has 3 heterocycles. The molecule has 0 unspecified atom stereocenters. The van der Waals surface area contributed by atoms with Crippen molar-refractivity contribution in [2.24, 2.45) is 0 Å². The summed E-state index contributed by atoms with van der Waals surface area (Å²) in [6.07, 6.45) is 7.16. The van der Waals surface area contributed by atoms with Crippen LogP contribution in [0.1, 0.15) is 38.8 Å². The molecule has 0 bridgehead atoms. The summed E-state index contributed by atoms with van der Waals surface area (Å²) in [5.74, 6) is 0.666. The number of aryl methyl sites for hydroxylation is 1. The average molecular weight is 395 g/mol. The van der Waals surface area contributed by atoms with Gasteiger partial charge in [-0.25, -0.2) is 4.98 Å². The molecule has 1 aliphatic heterocycles. The highest BCUT2D eigenvalue weighted by atomic mass is 32.1. The zero-order chi connectivity index (χ0) is 19.3.